The van der Waals surface area contributed by atoms with Crippen LogP contribution in [0.25, 0.3) is 0 Å². The lowest BCUT2D eigenvalue weighted by Crippen LogP contribution is -2.42. The van der Waals surface area contributed by atoms with E-state index in [4.69, 9.17) is 28.0 Å². The zero-order chi connectivity index (χ0) is 24.8. The van der Waals surface area contributed by atoms with Gasteiger partial charge in [0.2, 0.25) is 11.1 Å². The first kappa shape index (κ1) is 24.5. The maximum atomic E-state index is 14.2. The van der Waals surface area contributed by atoms with Gasteiger partial charge in [-0.25, -0.2) is 9.00 Å². The van der Waals surface area contributed by atoms with Crippen molar-refractivity contribution >= 4 is 51.9 Å². The smallest absolute Gasteiger partial charge is 0.374 e. The number of benzene rings is 2. The summed E-state index contributed by atoms with van der Waals surface area (Å²) in [5.74, 6) is -1.58. The zero-order valence-electron chi connectivity index (χ0n) is 17.2. The van der Waals surface area contributed by atoms with Gasteiger partial charge in [0.1, 0.15) is 6.04 Å². The lowest BCUT2D eigenvalue weighted by Gasteiger charge is -2.29. The van der Waals surface area contributed by atoms with Gasteiger partial charge in [-0.1, -0.05) is 34.4 Å². The van der Waals surface area contributed by atoms with Crippen molar-refractivity contribution in [3.05, 3.63) is 68.7 Å². The number of oxime groups is 1. The summed E-state index contributed by atoms with van der Waals surface area (Å²) in [5, 5.41) is 6.16. The molecule has 0 spiro atoms. The number of nitrogens with zero attached hydrogens (tertiary/aromatic N) is 1. The van der Waals surface area contributed by atoms with E-state index in [-0.39, 0.29) is 32.6 Å². The average Bonchev–Trinajstić information content (AvgIpc) is 3.31. The number of hydrogen-bond donors (Lipinski definition) is 1. The van der Waals surface area contributed by atoms with Gasteiger partial charge in [0.25, 0.3) is 11.5 Å². The Hall–Kier alpha value is -2.63. The minimum atomic E-state index is -4.84. The summed E-state index contributed by atoms with van der Waals surface area (Å²) in [6.07, 6.45) is -5.48. The zero-order valence-corrected chi connectivity index (χ0v) is 19.6. The number of nitrogens with one attached hydrogen (secondary N) is 1. The van der Waals surface area contributed by atoms with Crippen molar-refractivity contribution in [2.24, 2.45) is 5.16 Å². The number of halogens is 5. The highest BCUT2D eigenvalue weighted by Crippen LogP contribution is 2.49. The highest BCUT2D eigenvalue weighted by Gasteiger charge is 2.62. The van der Waals surface area contributed by atoms with E-state index < -0.39 is 47.2 Å². The van der Waals surface area contributed by atoms with Crippen LogP contribution in [0, 0.1) is 6.92 Å². The SMILES string of the molecule is Cc1cc(C2=NOC(c3cc(Cl)cc(Cl)c3)(C(F)(F)F)C2)ccc1C(=O)N[C@H]1CS(=O)OC1=O. The van der Waals surface area contributed by atoms with Crippen LogP contribution < -0.4 is 5.32 Å². The van der Waals surface area contributed by atoms with Crippen LogP contribution >= 0.6 is 23.2 Å². The molecule has 13 heteroatoms. The normalized spacial score (nSPS) is 24.4. The van der Waals surface area contributed by atoms with Crippen molar-refractivity contribution in [2.45, 2.75) is 31.2 Å². The van der Waals surface area contributed by atoms with Crippen LogP contribution in [0.1, 0.15) is 33.5 Å². The molecule has 0 aromatic heterocycles. The molecule has 0 saturated carbocycles. The predicted molar refractivity (Wildman–Crippen MR) is 118 cm³/mol. The maximum absolute atomic E-state index is 14.2. The molecule has 0 radical (unpaired) electrons. The third kappa shape index (κ3) is 4.51. The summed E-state index contributed by atoms with van der Waals surface area (Å²) in [6.45, 7) is 1.58. The molecule has 2 aliphatic rings. The van der Waals surface area contributed by atoms with E-state index in [1.165, 1.54) is 24.3 Å². The van der Waals surface area contributed by atoms with E-state index in [2.05, 4.69) is 14.7 Å². The Bertz CT molecular complexity index is 1230. The predicted octanol–water partition coefficient (Wildman–Crippen LogP) is 4.20. The fourth-order valence-electron chi connectivity index (χ4n) is 3.67. The Kier molecular flexibility index (Phi) is 6.38. The van der Waals surface area contributed by atoms with E-state index >= 15 is 0 Å². The minimum Gasteiger partial charge on any atom is -0.374 e. The third-order valence-electron chi connectivity index (χ3n) is 5.39. The van der Waals surface area contributed by atoms with Crippen molar-refractivity contribution in [2.75, 3.05) is 5.75 Å². The number of aryl methyl sites for hydroxylation is 1. The molecule has 2 aromatic rings. The molecule has 4 rings (SSSR count). The number of rotatable bonds is 4. The first-order valence-corrected chi connectivity index (χ1v) is 11.7. The van der Waals surface area contributed by atoms with Gasteiger partial charge in [0.15, 0.2) is 0 Å². The first-order chi connectivity index (χ1) is 15.9. The molecule has 3 atom stereocenters. The molecule has 2 aromatic carbocycles. The van der Waals surface area contributed by atoms with E-state index in [9.17, 15) is 27.0 Å². The highest BCUT2D eigenvalue weighted by atomic mass is 35.5. The lowest BCUT2D eigenvalue weighted by atomic mass is 9.86. The minimum absolute atomic E-state index is 0.0123. The molecule has 0 aliphatic carbocycles. The molecule has 2 heterocycles. The molecular weight excluding hydrogens is 520 g/mol. The van der Waals surface area contributed by atoms with Gasteiger partial charge in [-0.2, -0.15) is 13.2 Å². The van der Waals surface area contributed by atoms with Crippen molar-refractivity contribution in [3.8, 4) is 0 Å². The molecule has 1 amide bonds. The average molecular weight is 535 g/mol. The van der Waals surface area contributed by atoms with Gasteiger partial charge in [-0.05, 0) is 48.4 Å². The van der Waals surface area contributed by atoms with Crippen LogP contribution in [0.15, 0.2) is 41.6 Å². The summed E-state index contributed by atoms with van der Waals surface area (Å²) in [6, 6.07) is 6.81. The van der Waals surface area contributed by atoms with Crippen molar-refractivity contribution in [3.63, 3.8) is 0 Å². The fourth-order valence-corrected chi connectivity index (χ4v) is 5.05. The standard InChI is InChI=1S/C21H15Cl2F3N2O5S/c1-10-4-11(2-3-15(10)18(29)27-17-9-34(31)32-19(17)30)16-8-20(33-28-16,21(24,25)26)12-5-13(22)7-14(23)6-12/h2-7,17H,8-9H2,1H3,(H,27,29)/t17-,20?,34?/m0/s1. The largest absolute Gasteiger partial charge is 0.435 e. The first-order valence-electron chi connectivity index (χ1n) is 9.70. The van der Waals surface area contributed by atoms with Gasteiger partial charge in [-0.15, -0.1) is 0 Å². The Labute approximate surface area is 203 Å². The molecule has 7 nitrogen and oxygen atoms in total. The third-order valence-corrected chi connectivity index (χ3v) is 6.78. The lowest BCUT2D eigenvalue weighted by molar-refractivity contribution is -0.275. The molecular formula is C21H15Cl2F3N2O5S. The molecule has 1 N–H and O–H groups in total. The van der Waals surface area contributed by atoms with Crippen LogP contribution in [0.5, 0.6) is 0 Å². The van der Waals surface area contributed by atoms with Gasteiger partial charge in [0, 0.05) is 27.6 Å². The maximum Gasteiger partial charge on any atom is 0.435 e. The van der Waals surface area contributed by atoms with Gasteiger partial charge >= 0.3 is 12.1 Å². The number of carbonyl (C=O) groups is 2. The van der Waals surface area contributed by atoms with E-state index in [1.807, 2.05) is 0 Å². The van der Waals surface area contributed by atoms with E-state index in [1.54, 1.807) is 6.92 Å². The monoisotopic (exact) mass is 534 g/mol. The summed E-state index contributed by atoms with van der Waals surface area (Å²) < 4.78 is 58.3. The van der Waals surface area contributed by atoms with E-state index in [0.717, 1.165) is 12.1 Å². The van der Waals surface area contributed by atoms with Crippen LogP contribution in [-0.4, -0.2) is 39.8 Å². The number of alkyl halides is 3. The molecule has 0 bridgehead atoms. The van der Waals surface area contributed by atoms with Crippen LogP contribution in [0.4, 0.5) is 13.2 Å². The second-order valence-corrected chi connectivity index (χ2v) is 9.70. The Morgan fingerprint density at radius 1 is 1.21 bits per heavy atom. The molecule has 1 saturated heterocycles. The Balaban J connectivity index is 1.58. The fraction of sp³-hybridized carbons (Fsp3) is 0.286. The number of amides is 1. The van der Waals surface area contributed by atoms with Gasteiger partial charge in [-0.3, -0.25) is 4.79 Å². The van der Waals surface area contributed by atoms with E-state index in [0.29, 0.717) is 11.1 Å². The molecule has 180 valence electrons. The van der Waals surface area contributed by atoms with Crippen molar-refractivity contribution in [1.29, 1.82) is 0 Å². The molecule has 2 aliphatic heterocycles. The summed E-state index contributed by atoms with van der Waals surface area (Å²) >= 11 is 10.0. The number of carbonyl (C=O) groups excluding carboxylic acids is 2. The van der Waals surface area contributed by atoms with Crippen molar-refractivity contribution < 1.29 is 36.0 Å². The summed E-state index contributed by atoms with van der Waals surface area (Å²) in [7, 11) is 0. The van der Waals surface area contributed by atoms with Crippen molar-refractivity contribution in [1.82, 2.24) is 5.32 Å². The molecule has 1 fully saturated rings. The van der Waals surface area contributed by atoms with Crippen LogP contribution in [0.3, 0.4) is 0 Å². The molecule has 2 unspecified atom stereocenters. The second-order valence-electron chi connectivity index (χ2n) is 7.72. The highest BCUT2D eigenvalue weighted by molar-refractivity contribution is 7.81. The second kappa shape index (κ2) is 8.86. The number of hydrogen-bond acceptors (Lipinski definition) is 6. The topological polar surface area (TPSA) is 94.1 Å². The van der Waals surface area contributed by atoms with Gasteiger partial charge in [0.05, 0.1) is 11.5 Å². The summed E-state index contributed by atoms with van der Waals surface area (Å²) in [5.41, 5.74) is -2.14. The van der Waals surface area contributed by atoms with Gasteiger partial charge < -0.3 is 14.3 Å². The van der Waals surface area contributed by atoms with Crippen LogP contribution in [0.2, 0.25) is 10.0 Å². The molecule has 34 heavy (non-hydrogen) atoms. The Morgan fingerprint density at radius 3 is 2.44 bits per heavy atom. The Morgan fingerprint density at radius 2 is 1.88 bits per heavy atom. The summed E-state index contributed by atoms with van der Waals surface area (Å²) in [4.78, 5) is 29.1. The van der Waals surface area contributed by atoms with Crippen LogP contribution in [-0.2, 0) is 30.5 Å². The quantitative estimate of drug-likeness (QED) is 0.634.